The fourth-order valence-corrected chi connectivity index (χ4v) is 1.28. The average Bonchev–Trinajstić information content (AvgIpc) is 2.53. The summed E-state index contributed by atoms with van der Waals surface area (Å²) in [7, 11) is 0. The van der Waals surface area contributed by atoms with Crippen molar-refractivity contribution in [1.82, 2.24) is 4.57 Å². The molecule has 1 heterocycles. The second kappa shape index (κ2) is 3.89. The predicted molar refractivity (Wildman–Crippen MR) is 46.8 cm³/mol. The number of carbonyl (C=O) groups excluding carboxylic acids is 1. The molecule has 0 saturated heterocycles. The van der Waals surface area contributed by atoms with E-state index in [0.29, 0.717) is 18.4 Å². The zero-order chi connectivity index (χ0) is 9.84. The van der Waals surface area contributed by atoms with E-state index in [1.165, 1.54) is 4.57 Å². The Bertz CT molecular complexity index is 316. The second-order valence-corrected chi connectivity index (χ2v) is 2.72. The van der Waals surface area contributed by atoms with Crippen LogP contribution in [0.15, 0.2) is 18.3 Å². The number of nitrogens with zero attached hydrogens (tertiary/aromatic N) is 1. The first kappa shape index (κ1) is 9.51. The summed E-state index contributed by atoms with van der Waals surface area (Å²) in [6.45, 7) is 1.77. The quantitative estimate of drug-likeness (QED) is 0.713. The largest absolute Gasteiger partial charge is 0.480 e. The Labute approximate surface area is 75.8 Å². The lowest BCUT2D eigenvalue weighted by Gasteiger charge is -2.13. The summed E-state index contributed by atoms with van der Waals surface area (Å²) in [4.78, 5) is 21.3. The normalized spacial score (nSPS) is 12.4. The number of rotatable bonds is 4. The van der Waals surface area contributed by atoms with Crippen molar-refractivity contribution in [2.24, 2.45) is 0 Å². The highest BCUT2D eigenvalue weighted by Gasteiger charge is 2.18. The molecule has 70 valence electrons. The van der Waals surface area contributed by atoms with Crippen molar-refractivity contribution < 1.29 is 14.7 Å². The molecule has 0 spiro atoms. The van der Waals surface area contributed by atoms with Crippen LogP contribution in [0, 0.1) is 0 Å². The van der Waals surface area contributed by atoms with Gasteiger partial charge >= 0.3 is 5.97 Å². The molecule has 1 aromatic rings. The van der Waals surface area contributed by atoms with Gasteiger partial charge in [-0.05, 0) is 18.6 Å². The molecule has 4 nitrogen and oxygen atoms in total. The van der Waals surface area contributed by atoms with E-state index in [-0.39, 0.29) is 0 Å². The molecule has 13 heavy (non-hydrogen) atoms. The molecular weight excluding hydrogens is 170 g/mol. The lowest BCUT2D eigenvalue weighted by molar-refractivity contribution is -0.141. The van der Waals surface area contributed by atoms with Crippen LogP contribution in [0.25, 0.3) is 0 Å². The van der Waals surface area contributed by atoms with Crippen molar-refractivity contribution in [2.45, 2.75) is 19.4 Å². The summed E-state index contributed by atoms with van der Waals surface area (Å²) in [6, 6.07) is 2.61. The number of carbonyl (C=O) groups is 2. The zero-order valence-corrected chi connectivity index (χ0v) is 7.30. The van der Waals surface area contributed by atoms with Crippen LogP contribution in [0.5, 0.6) is 0 Å². The summed E-state index contributed by atoms with van der Waals surface area (Å²) < 4.78 is 1.47. The third-order valence-electron chi connectivity index (χ3n) is 1.94. The minimum Gasteiger partial charge on any atom is -0.480 e. The lowest BCUT2D eigenvalue weighted by Crippen LogP contribution is -2.19. The van der Waals surface area contributed by atoms with Crippen LogP contribution in [-0.4, -0.2) is 21.9 Å². The fraction of sp³-hybridized carbons (Fsp3) is 0.333. The third kappa shape index (κ3) is 1.77. The van der Waals surface area contributed by atoms with Crippen molar-refractivity contribution in [3.05, 3.63) is 24.0 Å². The molecule has 0 amide bonds. The first-order valence-electron chi connectivity index (χ1n) is 4.05. The van der Waals surface area contributed by atoms with Crippen molar-refractivity contribution in [3.8, 4) is 0 Å². The van der Waals surface area contributed by atoms with Crippen molar-refractivity contribution in [1.29, 1.82) is 0 Å². The molecule has 0 radical (unpaired) electrons. The average molecular weight is 181 g/mol. The molecule has 0 bridgehead atoms. The highest BCUT2D eigenvalue weighted by Crippen LogP contribution is 2.14. The number of carboxylic acids is 1. The molecule has 0 aromatic carbocycles. The molecular formula is C9H11NO3. The number of aliphatic carboxylic acids is 1. The maximum Gasteiger partial charge on any atom is 0.326 e. The van der Waals surface area contributed by atoms with E-state index in [1.54, 1.807) is 25.3 Å². The van der Waals surface area contributed by atoms with E-state index in [4.69, 9.17) is 5.11 Å². The van der Waals surface area contributed by atoms with E-state index in [1.807, 2.05) is 0 Å². The third-order valence-corrected chi connectivity index (χ3v) is 1.94. The number of hydrogen-bond acceptors (Lipinski definition) is 2. The summed E-state index contributed by atoms with van der Waals surface area (Å²) >= 11 is 0. The van der Waals surface area contributed by atoms with Crippen LogP contribution < -0.4 is 0 Å². The van der Waals surface area contributed by atoms with E-state index in [0.717, 1.165) is 0 Å². The Morgan fingerprint density at radius 2 is 2.46 bits per heavy atom. The summed E-state index contributed by atoms with van der Waals surface area (Å²) in [5.41, 5.74) is 0.397. The van der Waals surface area contributed by atoms with Crippen molar-refractivity contribution >= 4 is 12.3 Å². The number of aromatic nitrogens is 1. The predicted octanol–water partition coefficient (Wildman–Crippen LogP) is 1.34. The fourth-order valence-electron chi connectivity index (χ4n) is 1.28. The SMILES string of the molecule is CCC(C(=O)O)n1cccc1C=O. The van der Waals surface area contributed by atoms with Gasteiger partial charge in [0.15, 0.2) is 6.29 Å². The van der Waals surface area contributed by atoms with Gasteiger partial charge in [0.05, 0.1) is 5.69 Å². The Morgan fingerprint density at radius 3 is 2.92 bits per heavy atom. The molecule has 0 saturated carbocycles. The highest BCUT2D eigenvalue weighted by atomic mass is 16.4. The van der Waals surface area contributed by atoms with Crippen LogP contribution in [0.2, 0.25) is 0 Å². The molecule has 1 rings (SSSR count). The van der Waals surface area contributed by atoms with Crippen LogP contribution in [-0.2, 0) is 4.79 Å². The van der Waals surface area contributed by atoms with Gasteiger partial charge in [-0.25, -0.2) is 4.79 Å². The van der Waals surface area contributed by atoms with Crippen molar-refractivity contribution in [2.75, 3.05) is 0 Å². The van der Waals surface area contributed by atoms with Gasteiger partial charge < -0.3 is 9.67 Å². The monoisotopic (exact) mass is 181 g/mol. The maximum atomic E-state index is 10.8. The summed E-state index contributed by atoms with van der Waals surface area (Å²) in [6.07, 6.45) is 2.72. The standard InChI is InChI=1S/C9H11NO3/c1-2-8(9(12)13)10-5-3-4-7(10)6-11/h3-6,8H,2H2,1H3,(H,12,13). The second-order valence-electron chi connectivity index (χ2n) is 2.72. The van der Waals surface area contributed by atoms with Crippen LogP contribution in [0.3, 0.4) is 0 Å². The van der Waals surface area contributed by atoms with Gasteiger partial charge in [0.2, 0.25) is 0 Å². The molecule has 0 fully saturated rings. The summed E-state index contributed by atoms with van der Waals surface area (Å²) in [5, 5.41) is 8.83. The minimum atomic E-state index is -0.915. The Balaban J connectivity index is 3.03. The number of aldehydes is 1. The molecule has 1 atom stereocenters. The van der Waals surface area contributed by atoms with Crippen LogP contribution in [0.1, 0.15) is 29.9 Å². The molecule has 0 aliphatic heterocycles. The molecule has 1 aromatic heterocycles. The Kier molecular flexibility index (Phi) is 2.84. The Morgan fingerprint density at radius 1 is 1.77 bits per heavy atom. The summed E-state index contributed by atoms with van der Waals surface area (Å²) in [5.74, 6) is -0.915. The van der Waals surface area contributed by atoms with Gasteiger partial charge in [0, 0.05) is 6.20 Å². The van der Waals surface area contributed by atoms with Gasteiger partial charge in [0.1, 0.15) is 6.04 Å². The van der Waals surface area contributed by atoms with Gasteiger partial charge in [0.25, 0.3) is 0 Å². The first-order valence-corrected chi connectivity index (χ1v) is 4.05. The molecule has 0 aliphatic carbocycles. The van der Waals surface area contributed by atoms with E-state index >= 15 is 0 Å². The van der Waals surface area contributed by atoms with Crippen LogP contribution in [0.4, 0.5) is 0 Å². The molecule has 1 N–H and O–H groups in total. The van der Waals surface area contributed by atoms with Crippen molar-refractivity contribution in [3.63, 3.8) is 0 Å². The van der Waals surface area contributed by atoms with E-state index < -0.39 is 12.0 Å². The minimum absolute atomic E-state index is 0.397. The molecule has 1 unspecified atom stereocenters. The van der Waals surface area contributed by atoms with Gasteiger partial charge in [-0.2, -0.15) is 0 Å². The molecule has 4 heteroatoms. The van der Waals surface area contributed by atoms with E-state index in [2.05, 4.69) is 0 Å². The van der Waals surface area contributed by atoms with Gasteiger partial charge in [-0.3, -0.25) is 4.79 Å². The lowest BCUT2D eigenvalue weighted by atomic mass is 10.2. The number of carboxylic acid groups (broad SMARTS) is 1. The highest BCUT2D eigenvalue weighted by molar-refractivity contribution is 5.76. The first-order chi connectivity index (χ1) is 6.20. The maximum absolute atomic E-state index is 10.8. The van der Waals surface area contributed by atoms with Gasteiger partial charge in [-0.1, -0.05) is 6.92 Å². The number of hydrogen-bond donors (Lipinski definition) is 1. The van der Waals surface area contributed by atoms with Crippen LogP contribution >= 0.6 is 0 Å². The smallest absolute Gasteiger partial charge is 0.326 e. The molecule has 0 aliphatic rings. The van der Waals surface area contributed by atoms with Gasteiger partial charge in [-0.15, -0.1) is 0 Å². The van der Waals surface area contributed by atoms with E-state index in [9.17, 15) is 9.59 Å². The topological polar surface area (TPSA) is 59.3 Å². The zero-order valence-electron chi connectivity index (χ0n) is 7.30. The Hall–Kier alpha value is -1.58.